The Morgan fingerprint density at radius 2 is 2.08 bits per heavy atom. The van der Waals surface area contributed by atoms with Gasteiger partial charge >= 0.3 is 0 Å². The molecule has 0 radical (unpaired) electrons. The van der Waals surface area contributed by atoms with Gasteiger partial charge in [-0.25, -0.2) is 5.10 Å². The maximum Gasteiger partial charge on any atom is 0.216 e. The van der Waals surface area contributed by atoms with Crippen molar-refractivity contribution in [3.8, 4) is 28.5 Å². The number of fused-ring (bicyclic) bond motifs is 2. The van der Waals surface area contributed by atoms with Crippen LogP contribution in [-0.4, -0.2) is 65.9 Å². The lowest BCUT2D eigenvalue weighted by Gasteiger charge is -2.38. The van der Waals surface area contributed by atoms with Crippen molar-refractivity contribution in [2.45, 2.75) is 25.4 Å². The molecule has 186 valence electrons. The Hall–Kier alpha value is -3.78. The van der Waals surface area contributed by atoms with Gasteiger partial charge in [0.15, 0.2) is 5.78 Å². The second-order valence-corrected chi connectivity index (χ2v) is 9.72. The van der Waals surface area contributed by atoms with Crippen LogP contribution in [0.4, 0.5) is 0 Å². The number of hydrogen-bond acceptors (Lipinski definition) is 6. The average molecular weight is 487 g/mol. The van der Waals surface area contributed by atoms with Crippen LogP contribution >= 0.6 is 0 Å². The zero-order valence-electron chi connectivity index (χ0n) is 20.8. The standard InChI is InChI=1S/C28H30N4O4/c1-31-9-8-20(31)14-32-15-24(22-6-4-17(12-25(22)32)23-13-29-30-28(23)35-3)27(33)19-10-18-11-21(34-2)5-7-26(18)36-16-19/h4-7,11-13,15,19-20H,8-10,14,16H2,1-3H3,(H,29,30)/t19?,20-/m1/s1. The first-order valence-corrected chi connectivity index (χ1v) is 12.3. The van der Waals surface area contributed by atoms with Crippen LogP contribution in [0.5, 0.6) is 17.4 Å². The second kappa shape index (κ2) is 9.02. The minimum atomic E-state index is -0.247. The van der Waals surface area contributed by atoms with Crippen molar-refractivity contribution < 1.29 is 19.0 Å². The number of aromatic amines is 1. The van der Waals surface area contributed by atoms with E-state index in [4.69, 9.17) is 14.2 Å². The minimum Gasteiger partial charge on any atom is -0.497 e. The van der Waals surface area contributed by atoms with Gasteiger partial charge in [0.05, 0.1) is 38.5 Å². The van der Waals surface area contributed by atoms with E-state index in [1.807, 2.05) is 36.5 Å². The molecular weight excluding hydrogens is 456 g/mol. The van der Waals surface area contributed by atoms with Crippen LogP contribution in [0.1, 0.15) is 22.3 Å². The number of ketones is 1. The summed E-state index contributed by atoms with van der Waals surface area (Å²) in [5.74, 6) is 2.09. The molecule has 1 saturated heterocycles. The van der Waals surface area contributed by atoms with Gasteiger partial charge < -0.3 is 23.7 Å². The van der Waals surface area contributed by atoms with E-state index in [9.17, 15) is 4.79 Å². The topological polar surface area (TPSA) is 81.6 Å². The van der Waals surface area contributed by atoms with Crippen molar-refractivity contribution >= 4 is 16.7 Å². The number of ether oxygens (including phenoxy) is 3. The first-order chi connectivity index (χ1) is 17.6. The molecule has 2 aliphatic rings. The van der Waals surface area contributed by atoms with Gasteiger partial charge in [-0.2, -0.15) is 5.10 Å². The van der Waals surface area contributed by atoms with Gasteiger partial charge in [0.2, 0.25) is 5.88 Å². The third-order valence-electron chi connectivity index (χ3n) is 7.66. The van der Waals surface area contributed by atoms with Crippen molar-refractivity contribution in [3.05, 3.63) is 59.9 Å². The summed E-state index contributed by atoms with van der Waals surface area (Å²) in [6, 6.07) is 12.5. The number of aromatic nitrogens is 3. The number of methoxy groups -OCH3 is 2. The van der Waals surface area contributed by atoms with E-state index in [1.165, 1.54) is 0 Å². The van der Waals surface area contributed by atoms with Crippen LogP contribution in [0.15, 0.2) is 48.8 Å². The third-order valence-corrected chi connectivity index (χ3v) is 7.66. The monoisotopic (exact) mass is 486 g/mol. The number of nitrogens with zero attached hydrogens (tertiary/aromatic N) is 3. The predicted molar refractivity (Wildman–Crippen MR) is 137 cm³/mol. The summed E-state index contributed by atoms with van der Waals surface area (Å²) in [7, 11) is 5.43. The molecule has 0 amide bonds. The van der Waals surface area contributed by atoms with Crippen LogP contribution in [0.25, 0.3) is 22.0 Å². The predicted octanol–water partition coefficient (Wildman–Crippen LogP) is 4.19. The molecule has 2 aromatic heterocycles. The van der Waals surface area contributed by atoms with Crippen molar-refractivity contribution in [3.63, 3.8) is 0 Å². The number of Topliss-reactive ketones (excluding diaryl/α,β-unsaturated/α-hetero) is 1. The molecule has 0 aliphatic carbocycles. The molecule has 2 atom stereocenters. The number of carbonyl (C=O) groups is 1. The van der Waals surface area contributed by atoms with Gasteiger partial charge in [-0.3, -0.25) is 4.79 Å². The number of benzene rings is 2. The highest BCUT2D eigenvalue weighted by Crippen LogP contribution is 2.36. The molecular formula is C28H30N4O4. The van der Waals surface area contributed by atoms with Crippen molar-refractivity contribution in [1.82, 2.24) is 19.7 Å². The molecule has 1 N–H and O–H groups in total. The highest BCUT2D eigenvalue weighted by molar-refractivity contribution is 6.10. The number of rotatable bonds is 7. The Balaban J connectivity index is 1.38. The molecule has 0 spiro atoms. The minimum absolute atomic E-state index is 0.114. The maximum atomic E-state index is 13.9. The fraction of sp³-hybridized carbons (Fsp3) is 0.357. The van der Waals surface area contributed by atoms with Crippen LogP contribution < -0.4 is 14.2 Å². The molecule has 0 saturated carbocycles. The largest absolute Gasteiger partial charge is 0.497 e. The summed E-state index contributed by atoms with van der Waals surface area (Å²) in [4.78, 5) is 16.2. The number of hydrogen-bond donors (Lipinski definition) is 1. The summed E-state index contributed by atoms with van der Waals surface area (Å²) in [6.45, 7) is 2.32. The lowest BCUT2D eigenvalue weighted by Crippen LogP contribution is -2.46. The molecule has 6 rings (SSSR count). The zero-order chi connectivity index (χ0) is 24.8. The number of likely N-dealkylation sites (N-methyl/N-ethyl adjacent to an activating group) is 1. The maximum absolute atomic E-state index is 13.9. The molecule has 8 nitrogen and oxygen atoms in total. The normalized spacial score (nSPS) is 19.4. The van der Waals surface area contributed by atoms with Gasteiger partial charge in [0, 0.05) is 35.2 Å². The summed E-state index contributed by atoms with van der Waals surface area (Å²) in [5.41, 5.74) is 4.69. The summed E-state index contributed by atoms with van der Waals surface area (Å²) < 4.78 is 19.0. The molecule has 2 aromatic carbocycles. The molecule has 1 unspecified atom stereocenters. The number of likely N-dealkylation sites (tertiary alicyclic amines) is 1. The molecule has 4 aromatic rings. The number of carbonyl (C=O) groups excluding carboxylic acids is 1. The molecule has 2 aliphatic heterocycles. The average Bonchev–Trinajstić information content (AvgIpc) is 3.54. The Kier molecular flexibility index (Phi) is 5.68. The third kappa shape index (κ3) is 3.82. The van der Waals surface area contributed by atoms with E-state index in [1.54, 1.807) is 20.4 Å². The van der Waals surface area contributed by atoms with E-state index < -0.39 is 0 Å². The highest BCUT2D eigenvalue weighted by atomic mass is 16.5. The van der Waals surface area contributed by atoms with E-state index in [2.05, 4.69) is 32.8 Å². The fourth-order valence-electron chi connectivity index (χ4n) is 5.36. The molecule has 1 fully saturated rings. The van der Waals surface area contributed by atoms with E-state index in [0.717, 1.165) is 64.2 Å². The Bertz CT molecular complexity index is 1440. The van der Waals surface area contributed by atoms with Gasteiger partial charge in [0.1, 0.15) is 11.5 Å². The van der Waals surface area contributed by atoms with Gasteiger partial charge in [0.25, 0.3) is 0 Å². The van der Waals surface area contributed by atoms with E-state index >= 15 is 0 Å². The first-order valence-electron chi connectivity index (χ1n) is 12.3. The second-order valence-electron chi connectivity index (χ2n) is 9.72. The SMILES string of the molecule is COc1ccc2c(c1)CC(C(=O)c1cn(C[C@H]3CCN3C)c3cc(-c4cn[nH]c4OC)ccc13)CO2. The smallest absolute Gasteiger partial charge is 0.216 e. The highest BCUT2D eigenvalue weighted by Gasteiger charge is 2.31. The summed E-state index contributed by atoms with van der Waals surface area (Å²) >= 11 is 0. The van der Waals surface area contributed by atoms with Gasteiger partial charge in [-0.05, 0) is 61.8 Å². The van der Waals surface area contributed by atoms with Crippen LogP contribution in [-0.2, 0) is 13.0 Å². The lowest BCUT2D eigenvalue weighted by molar-refractivity contribution is 0.0855. The van der Waals surface area contributed by atoms with Crippen molar-refractivity contribution in [1.29, 1.82) is 0 Å². The fourth-order valence-corrected chi connectivity index (χ4v) is 5.36. The number of nitrogens with one attached hydrogen (secondary N) is 1. The molecule has 36 heavy (non-hydrogen) atoms. The Labute approximate surface area is 209 Å². The zero-order valence-corrected chi connectivity index (χ0v) is 20.8. The van der Waals surface area contributed by atoms with Gasteiger partial charge in [-0.1, -0.05) is 12.1 Å². The molecule has 4 heterocycles. The summed E-state index contributed by atoms with van der Waals surface area (Å²) in [6.07, 6.45) is 5.60. The van der Waals surface area contributed by atoms with E-state index in [-0.39, 0.29) is 11.7 Å². The lowest BCUT2D eigenvalue weighted by atomic mass is 9.89. The molecule has 0 bridgehead atoms. The van der Waals surface area contributed by atoms with Crippen LogP contribution in [0, 0.1) is 5.92 Å². The molecule has 8 heteroatoms. The first kappa shape index (κ1) is 22.7. The van der Waals surface area contributed by atoms with Crippen LogP contribution in [0.2, 0.25) is 0 Å². The quantitative estimate of drug-likeness (QED) is 0.395. The van der Waals surface area contributed by atoms with Gasteiger partial charge in [-0.15, -0.1) is 0 Å². The Morgan fingerprint density at radius 3 is 2.83 bits per heavy atom. The number of H-pyrrole nitrogens is 1. The Morgan fingerprint density at radius 1 is 1.19 bits per heavy atom. The van der Waals surface area contributed by atoms with E-state index in [0.29, 0.717) is 24.9 Å². The van der Waals surface area contributed by atoms with Crippen molar-refractivity contribution in [2.75, 3.05) is 34.4 Å². The van der Waals surface area contributed by atoms with Crippen molar-refractivity contribution in [2.24, 2.45) is 5.92 Å². The van der Waals surface area contributed by atoms with Crippen LogP contribution in [0.3, 0.4) is 0 Å². The summed E-state index contributed by atoms with van der Waals surface area (Å²) in [5, 5.41) is 7.99.